The summed E-state index contributed by atoms with van der Waals surface area (Å²) in [6.45, 7) is 0. The SMILES string of the molecule is O=C1c2ccccc2C(=O)c2c(O)c(S(=O)(=O)[O-])cc(O)c21.[Li+]. The minimum absolute atomic E-state index is 0. The molecule has 23 heavy (non-hydrogen) atoms. The molecule has 112 valence electrons. The van der Waals surface area contributed by atoms with Gasteiger partial charge in [0.2, 0.25) is 0 Å². The van der Waals surface area contributed by atoms with Gasteiger partial charge in [-0.3, -0.25) is 9.59 Å². The molecule has 7 nitrogen and oxygen atoms in total. The van der Waals surface area contributed by atoms with Gasteiger partial charge < -0.3 is 14.8 Å². The Balaban J connectivity index is 0.00000192. The van der Waals surface area contributed by atoms with Crippen molar-refractivity contribution >= 4 is 21.7 Å². The van der Waals surface area contributed by atoms with Gasteiger partial charge in [-0.25, -0.2) is 8.42 Å². The van der Waals surface area contributed by atoms with Crippen molar-refractivity contribution in [3.8, 4) is 11.5 Å². The Hall–Kier alpha value is -2.11. The Bertz CT molecular complexity index is 963. The smallest absolute Gasteiger partial charge is 0.744 e. The number of rotatable bonds is 1. The quantitative estimate of drug-likeness (QED) is 0.294. The molecule has 0 atom stereocenters. The standard InChI is InChI=1S/C14H8O7S.Li/c15-8-5-9(22(19,20)21)14(18)11-10(8)12(16)6-3-1-2-4-7(6)13(11)17;/h1-5,15,18H,(H,19,20,21);/q;+1/p-1. The molecule has 3 rings (SSSR count). The Kier molecular flexibility index (Phi) is 4.13. The summed E-state index contributed by atoms with van der Waals surface area (Å²) >= 11 is 0. The molecule has 9 heteroatoms. The van der Waals surface area contributed by atoms with Crippen LogP contribution in [0.2, 0.25) is 0 Å². The van der Waals surface area contributed by atoms with E-state index in [9.17, 15) is 32.8 Å². The van der Waals surface area contributed by atoms with E-state index in [2.05, 4.69) is 0 Å². The number of carbonyl (C=O) groups excluding carboxylic acids is 2. The second kappa shape index (κ2) is 5.51. The molecule has 0 heterocycles. The second-order valence-electron chi connectivity index (χ2n) is 4.65. The molecule has 0 bridgehead atoms. The van der Waals surface area contributed by atoms with Crippen molar-refractivity contribution in [2.24, 2.45) is 0 Å². The van der Waals surface area contributed by atoms with Crippen LogP contribution in [0.4, 0.5) is 0 Å². The summed E-state index contributed by atoms with van der Waals surface area (Å²) in [5.74, 6) is -3.57. The third-order valence-corrected chi connectivity index (χ3v) is 4.23. The number of aromatic hydroxyl groups is 2. The van der Waals surface area contributed by atoms with E-state index in [0.717, 1.165) is 0 Å². The summed E-state index contributed by atoms with van der Waals surface area (Å²) in [6.07, 6.45) is 0. The summed E-state index contributed by atoms with van der Waals surface area (Å²) in [6, 6.07) is 6.17. The van der Waals surface area contributed by atoms with Crippen molar-refractivity contribution in [2.75, 3.05) is 0 Å². The van der Waals surface area contributed by atoms with Crippen molar-refractivity contribution in [3.05, 3.63) is 52.6 Å². The van der Waals surface area contributed by atoms with Gasteiger partial charge in [0.15, 0.2) is 11.6 Å². The van der Waals surface area contributed by atoms with Crippen LogP contribution in [0.3, 0.4) is 0 Å². The predicted molar refractivity (Wildman–Crippen MR) is 71.0 cm³/mol. The number of hydrogen-bond donors (Lipinski definition) is 2. The Morgan fingerprint density at radius 2 is 1.39 bits per heavy atom. The Labute approximate surface area is 142 Å². The van der Waals surface area contributed by atoms with E-state index in [0.29, 0.717) is 6.07 Å². The van der Waals surface area contributed by atoms with Crippen LogP contribution in [0.25, 0.3) is 0 Å². The minimum atomic E-state index is -5.13. The zero-order valence-electron chi connectivity index (χ0n) is 11.7. The molecule has 2 aromatic rings. The maximum atomic E-state index is 12.4. The molecule has 1 aliphatic carbocycles. The number of hydrogen-bond acceptors (Lipinski definition) is 7. The minimum Gasteiger partial charge on any atom is -0.744 e. The molecule has 0 aliphatic heterocycles. The van der Waals surface area contributed by atoms with Crippen LogP contribution in [0.15, 0.2) is 35.2 Å². The number of benzene rings is 2. The molecular weight excluding hydrogens is 319 g/mol. The first-order valence-electron chi connectivity index (χ1n) is 5.96. The Morgan fingerprint density at radius 1 is 0.913 bits per heavy atom. The number of carbonyl (C=O) groups is 2. The van der Waals surface area contributed by atoms with Crippen LogP contribution in [0.5, 0.6) is 11.5 Å². The van der Waals surface area contributed by atoms with E-state index >= 15 is 0 Å². The fraction of sp³-hybridized carbons (Fsp3) is 0. The first-order chi connectivity index (χ1) is 10.2. The molecule has 0 aromatic heterocycles. The fourth-order valence-corrected chi connectivity index (χ4v) is 3.02. The molecule has 0 fully saturated rings. The Morgan fingerprint density at radius 3 is 1.87 bits per heavy atom. The number of fused-ring (bicyclic) bond motifs is 2. The van der Waals surface area contributed by atoms with Gasteiger partial charge in [0, 0.05) is 17.2 Å². The fourth-order valence-electron chi connectivity index (χ4n) is 2.42. The van der Waals surface area contributed by atoms with Crippen LogP contribution in [-0.4, -0.2) is 34.8 Å². The maximum absolute atomic E-state index is 12.4. The van der Waals surface area contributed by atoms with Crippen molar-refractivity contribution in [3.63, 3.8) is 0 Å². The van der Waals surface area contributed by atoms with Gasteiger partial charge in [-0.05, 0) is 0 Å². The monoisotopic (exact) mass is 326 g/mol. The number of ketones is 2. The molecule has 0 amide bonds. The van der Waals surface area contributed by atoms with E-state index in [-0.39, 0.29) is 30.0 Å². The maximum Gasteiger partial charge on any atom is 1.00 e. The topological polar surface area (TPSA) is 132 Å². The van der Waals surface area contributed by atoms with E-state index in [1.165, 1.54) is 24.3 Å². The molecule has 2 N–H and O–H groups in total. The van der Waals surface area contributed by atoms with Crippen molar-refractivity contribution < 1.29 is 51.6 Å². The van der Waals surface area contributed by atoms with Gasteiger partial charge in [-0.2, -0.15) is 0 Å². The van der Waals surface area contributed by atoms with Crippen molar-refractivity contribution in [1.82, 2.24) is 0 Å². The summed E-state index contributed by atoms with van der Waals surface area (Å²) in [5, 5.41) is 19.8. The van der Waals surface area contributed by atoms with E-state index < -0.39 is 49.2 Å². The molecular formula is C14H7LiO7S. The predicted octanol–water partition coefficient (Wildman–Crippen LogP) is -2.22. The average Bonchev–Trinajstić information content (AvgIpc) is 2.45. The van der Waals surface area contributed by atoms with E-state index in [1.54, 1.807) is 0 Å². The summed E-state index contributed by atoms with van der Waals surface area (Å²) in [5.41, 5.74) is -1.23. The molecule has 0 spiro atoms. The van der Waals surface area contributed by atoms with Gasteiger partial charge in [0.25, 0.3) is 0 Å². The average molecular weight is 326 g/mol. The normalized spacial score (nSPS) is 13.1. The van der Waals surface area contributed by atoms with Gasteiger partial charge in [0.05, 0.1) is 11.1 Å². The molecule has 0 unspecified atom stereocenters. The number of phenols is 2. The van der Waals surface area contributed by atoms with Gasteiger partial charge in [-0.1, -0.05) is 24.3 Å². The zero-order valence-corrected chi connectivity index (χ0v) is 12.5. The van der Waals surface area contributed by atoms with Gasteiger partial charge in [-0.15, -0.1) is 0 Å². The largest absolute Gasteiger partial charge is 1.00 e. The molecule has 0 saturated carbocycles. The van der Waals surface area contributed by atoms with Gasteiger partial charge in [0.1, 0.15) is 26.5 Å². The summed E-state index contributed by atoms with van der Waals surface area (Å²) in [4.78, 5) is 23.6. The van der Waals surface area contributed by atoms with Crippen molar-refractivity contribution in [2.45, 2.75) is 4.90 Å². The van der Waals surface area contributed by atoms with Gasteiger partial charge >= 0.3 is 18.9 Å². The van der Waals surface area contributed by atoms with Crippen LogP contribution in [0, 0.1) is 0 Å². The molecule has 0 radical (unpaired) electrons. The second-order valence-corrected chi connectivity index (χ2v) is 6.00. The molecule has 1 aliphatic rings. The first-order valence-corrected chi connectivity index (χ1v) is 7.37. The summed E-state index contributed by atoms with van der Waals surface area (Å²) in [7, 11) is -5.13. The third-order valence-electron chi connectivity index (χ3n) is 3.38. The van der Waals surface area contributed by atoms with E-state index in [1.807, 2.05) is 0 Å². The first kappa shape index (κ1) is 17.2. The summed E-state index contributed by atoms with van der Waals surface area (Å²) < 4.78 is 33.3. The van der Waals surface area contributed by atoms with Crippen molar-refractivity contribution in [1.29, 1.82) is 0 Å². The van der Waals surface area contributed by atoms with Crippen LogP contribution in [-0.2, 0) is 10.1 Å². The van der Waals surface area contributed by atoms with Crippen LogP contribution >= 0.6 is 0 Å². The number of phenolic OH excluding ortho intramolecular Hbond substituents is 2. The zero-order chi connectivity index (χ0) is 16.2. The molecule has 2 aromatic carbocycles. The van der Waals surface area contributed by atoms with E-state index in [4.69, 9.17) is 0 Å². The third kappa shape index (κ3) is 2.46. The van der Waals surface area contributed by atoms with Crippen LogP contribution < -0.4 is 18.9 Å². The molecule has 0 saturated heterocycles. The van der Waals surface area contributed by atoms with Crippen LogP contribution in [0.1, 0.15) is 31.8 Å².